The van der Waals surface area contributed by atoms with E-state index in [1.165, 1.54) is 10.8 Å². The number of benzene rings is 3. The Morgan fingerprint density at radius 2 is 1.08 bits per heavy atom. The summed E-state index contributed by atoms with van der Waals surface area (Å²) in [5.41, 5.74) is 3.82. The summed E-state index contributed by atoms with van der Waals surface area (Å²) in [5, 5.41) is 3.79. The predicted molar refractivity (Wildman–Crippen MR) is 163 cm³/mol. The number of fused-ring (bicyclic) bond motifs is 3. The summed E-state index contributed by atoms with van der Waals surface area (Å²) in [6, 6.07) is 22.2. The predicted octanol–water partition coefficient (Wildman–Crippen LogP) is 10.2. The zero-order valence-electron chi connectivity index (χ0n) is 23.7. The van der Waals surface area contributed by atoms with E-state index in [0.717, 1.165) is 43.1 Å². The van der Waals surface area contributed by atoms with Gasteiger partial charge in [-0.1, -0.05) is 101 Å². The Morgan fingerprint density at radius 3 is 1.46 bits per heavy atom. The summed E-state index contributed by atoms with van der Waals surface area (Å²) in [6.45, 7) is 20.4. The Hall–Kier alpha value is -2.04. The van der Waals surface area contributed by atoms with Gasteiger partial charge in [0.1, 0.15) is 0 Å². The largest absolute Gasteiger partial charge is 0.381 e. The fraction of sp³-hybridized carbons (Fsp3) is 0.438. The lowest BCUT2D eigenvalue weighted by molar-refractivity contribution is 0.0805. The molecule has 0 bridgehead atoms. The van der Waals surface area contributed by atoms with Gasteiger partial charge in [-0.3, -0.25) is 0 Å². The molecule has 1 aromatic heterocycles. The topological polar surface area (TPSA) is 23.4 Å². The Labute approximate surface area is 233 Å². The molecule has 0 aliphatic rings. The van der Waals surface area contributed by atoms with Crippen LogP contribution in [0.2, 0.25) is 10.0 Å². The normalized spacial score (nSPS) is 11.6. The van der Waals surface area contributed by atoms with Gasteiger partial charge in [-0.15, -0.1) is 0 Å². The maximum absolute atomic E-state index is 6.41. The lowest BCUT2D eigenvalue weighted by atomic mass is 9.99. The molecule has 0 radical (unpaired) electrons. The number of rotatable bonds is 5. The average molecular weight is 545 g/mol. The first kappa shape index (κ1) is 31.2. The molecule has 0 fully saturated rings. The van der Waals surface area contributed by atoms with Crippen molar-refractivity contribution in [2.75, 3.05) is 26.4 Å². The molecule has 5 heteroatoms. The molecular weight excluding hydrogens is 501 g/mol. The third kappa shape index (κ3) is 9.98. The molecule has 3 aromatic carbocycles. The van der Waals surface area contributed by atoms with Crippen LogP contribution >= 0.6 is 23.2 Å². The minimum atomic E-state index is 0.329. The summed E-state index contributed by atoms with van der Waals surface area (Å²) in [7, 11) is 0. The van der Waals surface area contributed by atoms with Gasteiger partial charge < -0.3 is 14.0 Å². The lowest BCUT2D eigenvalue weighted by Gasteiger charge is -2.16. The molecule has 0 amide bonds. The molecule has 37 heavy (non-hydrogen) atoms. The Morgan fingerprint density at radius 1 is 0.649 bits per heavy atom. The van der Waals surface area contributed by atoms with Gasteiger partial charge in [0.25, 0.3) is 0 Å². The van der Waals surface area contributed by atoms with Gasteiger partial charge in [-0.25, -0.2) is 0 Å². The first-order valence-corrected chi connectivity index (χ1v) is 13.7. The van der Waals surface area contributed by atoms with Crippen LogP contribution in [-0.2, 0) is 9.47 Å². The second kappa shape index (κ2) is 14.2. The maximum atomic E-state index is 6.41. The van der Waals surface area contributed by atoms with Crippen molar-refractivity contribution in [2.45, 2.75) is 55.4 Å². The molecule has 0 N–H and O–H groups in total. The van der Waals surface area contributed by atoms with E-state index in [4.69, 9.17) is 32.7 Å². The van der Waals surface area contributed by atoms with Crippen LogP contribution in [-0.4, -0.2) is 31.0 Å². The number of hydrogen-bond donors (Lipinski definition) is 0. The second-order valence-corrected chi connectivity index (χ2v) is 12.2. The molecule has 0 spiro atoms. The van der Waals surface area contributed by atoms with E-state index >= 15 is 0 Å². The zero-order valence-corrected chi connectivity index (χ0v) is 25.2. The number of aromatic nitrogens is 1. The highest BCUT2D eigenvalue weighted by Crippen LogP contribution is 2.35. The van der Waals surface area contributed by atoms with Crippen LogP contribution in [0.3, 0.4) is 0 Å². The molecule has 0 atom stereocenters. The molecule has 1 heterocycles. The molecule has 0 aliphatic heterocycles. The smallest absolute Gasteiger partial charge is 0.0663 e. The first-order chi connectivity index (χ1) is 17.4. The highest BCUT2D eigenvalue weighted by atomic mass is 35.5. The average Bonchev–Trinajstić information content (AvgIpc) is 3.17. The van der Waals surface area contributed by atoms with Crippen LogP contribution in [0.15, 0.2) is 66.7 Å². The van der Waals surface area contributed by atoms with Crippen LogP contribution < -0.4 is 0 Å². The third-order valence-corrected chi connectivity index (χ3v) is 5.76. The van der Waals surface area contributed by atoms with E-state index in [9.17, 15) is 0 Å². The first-order valence-electron chi connectivity index (χ1n) is 13.0. The van der Waals surface area contributed by atoms with Crippen LogP contribution in [0.25, 0.3) is 27.5 Å². The van der Waals surface area contributed by atoms with E-state index in [-0.39, 0.29) is 0 Å². The minimum absolute atomic E-state index is 0.329. The highest BCUT2D eigenvalue weighted by Gasteiger charge is 2.13. The molecular formula is C32H43Cl2NO2. The van der Waals surface area contributed by atoms with Gasteiger partial charge >= 0.3 is 0 Å². The molecule has 4 aromatic rings. The van der Waals surface area contributed by atoms with Crippen LogP contribution in [0.1, 0.15) is 55.4 Å². The van der Waals surface area contributed by atoms with Gasteiger partial charge in [-0.05, 0) is 55.0 Å². The van der Waals surface area contributed by atoms with Crippen LogP contribution in [0, 0.1) is 10.8 Å². The van der Waals surface area contributed by atoms with Gasteiger partial charge in [0.05, 0.1) is 35.0 Å². The number of halogens is 2. The molecule has 0 unspecified atom stereocenters. The number of nitrogens with zero attached hydrogens (tertiary/aromatic N) is 1. The fourth-order valence-corrected chi connectivity index (χ4v) is 4.02. The summed E-state index contributed by atoms with van der Waals surface area (Å²) in [5.74, 6) is 0. The van der Waals surface area contributed by atoms with E-state index in [0.29, 0.717) is 20.9 Å². The molecule has 0 saturated carbocycles. The van der Waals surface area contributed by atoms with Gasteiger partial charge in [0, 0.05) is 29.0 Å². The van der Waals surface area contributed by atoms with Crippen molar-refractivity contribution in [3.05, 3.63) is 76.8 Å². The number of para-hydroxylation sites is 2. The number of ether oxygens (including phenoxy) is 2. The van der Waals surface area contributed by atoms with Crippen molar-refractivity contribution >= 4 is 45.0 Å². The van der Waals surface area contributed by atoms with Gasteiger partial charge in [-0.2, -0.15) is 0 Å². The Kier molecular flexibility index (Phi) is 12.0. The standard InChI is InChI=1S/C18H11Cl2N.2C7H16O/c19-12-9-10-15(20)18(11-12)21-16-7-3-1-5-13(16)14-6-2-4-8-17(14)21;2*1-5-8-6-7(2,3)4/h1-11H;2*5-6H2,1-4H3. The highest BCUT2D eigenvalue weighted by molar-refractivity contribution is 6.34. The number of hydrogen-bond acceptors (Lipinski definition) is 2. The van der Waals surface area contributed by atoms with E-state index in [1.54, 1.807) is 6.07 Å². The lowest BCUT2D eigenvalue weighted by Crippen LogP contribution is -2.14. The van der Waals surface area contributed by atoms with Gasteiger partial charge in [0.2, 0.25) is 0 Å². The van der Waals surface area contributed by atoms with Crippen molar-refractivity contribution < 1.29 is 9.47 Å². The molecule has 3 nitrogen and oxygen atoms in total. The molecule has 202 valence electrons. The SMILES string of the molecule is CCOCC(C)(C)C.CCOCC(C)(C)C.Clc1ccc(Cl)c(-n2c3ccccc3c3ccccc32)c1. The van der Waals surface area contributed by atoms with Gasteiger partial charge in [0.15, 0.2) is 0 Å². The van der Waals surface area contributed by atoms with Crippen molar-refractivity contribution in [3.8, 4) is 5.69 Å². The molecule has 0 aliphatic carbocycles. The quantitative estimate of drug-likeness (QED) is 0.250. The summed E-state index contributed by atoms with van der Waals surface area (Å²) in [6.07, 6.45) is 0. The minimum Gasteiger partial charge on any atom is -0.381 e. The van der Waals surface area contributed by atoms with Crippen molar-refractivity contribution in [3.63, 3.8) is 0 Å². The molecule has 0 saturated heterocycles. The van der Waals surface area contributed by atoms with E-state index in [2.05, 4.69) is 82.5 Å². The Balaban J connectivity index is 0.000000251. The molecule has 4 rings (SSSR count). The summed E-state index contributed by atoms with van der Waals surface area (Å²) >= 11 is 12.6. The van der Waals surface area contributed by atoms with Crippen molar-refractivity contribution in [1.82, 2.24) is 4.57 Å². The van der Waals surface area contributed by atoms with E-state index < -0.39 is 0 Å². The monoisotopic (exact) mass is 543 g/mol. The van der Waals surface area contributed by atoms with Crippen molar-refractivity contribution in [1.29, 1.82) is 0 Å². The Bertz CT molecular complexity index is 1180. The van der Waals surface area contributed by atoms with E-state index in [1.807, 2.05) is 38.1 Å². The van der Waals surface area contributed by atoms with Crippen molar-refractivity contribution in [2.24, 2.45) is 10.8 Å². The fourth-order valence-electron chi connectivity index (χ4n) is 3.66. The third-order valence-electron chi connectivity index (χ3n) is 5.21. The zero-order chi connectivity index (χ0) is 27.6. The summed E-state index contributed by atoms with van der Waals surface area (Å²) in [4.78, 5) is 0. The maximum Gasteiger partial charge on any atom is 0.0663 e. The second-order valence-electron chi connectivity index (χ2n) is 11.4. The van der Waals surface area contributed by atoms with Crippen LogP contribution in [0.4, 0.5) is 0 Å². The summed E-state index contributed by atoms with van der Waals surface area (Å²) < 4.78 is 12.6. The van der Waals surface area contributed by atoms with Crippen LogP contribution in [0.5, 0.6) is 0 Å².